The first-order chi connectivity index (χ1) is 9.04. The highest BCUT2D eigenvalue weighted by Gasteiger charge is 2.15. The van der Waals surface area contributed by atoms with Gasteiger partial charge in [0, 0.05) is 22.4 Å². The SMILES string of the molecule is C=C(C)C(=O)Oc1c(N)cc(OC)c2ccccc12. The molecule has 4 nitrogen and oxygen atoms in total. The first-order valence-corrected chi connectivity index (χ1v) is 5.77. The van der Waals surface area contributed by atoms with Crippen LogP contribution in [0.5, 0.6) is 11.5 Å². The quantitative estimate of drug-likeness (QED) is 0.397. The molecule has 98 valence electrons. The van der Waals surface area contributed by atoms with Gasteiger partial charge in [-0.1, -0.05) is 30.8 Å². The van der Waals surface area contributed by atoms with Crippen LogP contribution in [0.4, 0.5) is 5.69 Å². The summed E-state index contributed by atoms with van der Waals surface area (Å²) < 4.78 is 10.6. The number of ether oxygens (including phenoxy) is 2. The number of esters is 1. The standard InChI is InChI=1S/C15H15NO3/c1-9(2)15(17)19-14-11-7-5-4-6-10(11)13(18-3)8-12(14)16/h4-8H,1,16H2,2-3H3. The van der Waals surface area contributed by atoms with E-state index in [0.29, 0.717) is 22.8 Å². The number of nitrogen functional groups attached to an aromatic ring is 1. The molecule has 2 aromatic carbocycles. The van der Waals surface area contributed by atoms with Crippen molar-refractivity contribution < 1.29 is 14.3 Å². The van der Waals surface area contributed by atoms with Crippen molar-refractivity contribution in [3.63, 3.8) is 0 Å². The molecule has 2 rings (SSSR count). The number of anilines is 1. The summed E-state index contributed by atoms with van der Waals surface area (Å²) in [7, 11) is 1.57. The first kappa shape index (κ1) is 13.0. The third-order valence-corrected chi connectivity index (χ3v) is 2.75. The minimum Gasteiger partial charge on any atom is -0.496 e. The smallest absolute Gasteiger partial charge is 0.338 e. The molecule has 2 aromatic rings. The van der Waals surface area contributed by atoms with Crippen molar-refractivity contribution >= 4 is 22.4 Å². The Morgan fingerprint density at radius 2 is 1.89 bits per heavy atom. The molecule has 0 bridgehead atoms. The lowest BCUT2D eigenvalue weighted by Gasteiger charge is -2.13. The summed E-state index contributed by atoms with van der Waals surface area (Å²) in [4.78, 5) is 11.7. The molecule has 2 N–H and O–H groups in total. The van der Waals surface area contributed by atoms with Crippen LogP contribution in [0.15, 0.2) is 42.5 Å². The predicted molar refractivity (Wildman–Crippen MR) is 75.4 cm³/mol. The number of nitrogens with two attached hydrogens (primary N) is 1. The number of benzene rings is 2. The summed E-state index contributed by atoms with van der Waals surface area (Å²) in [5.74, 6) is 0.481. The molecule has 0 saturated carbocycles. The van der Waals surface area contributed by atoms with E-state index in [2.05, 4.69) is 6.58 Å². The molecule has 0 aliphatic carbocycles. The number of carbonyl (C=O) groups is 1. The molecule has 0 heterocycles. The maximum atomic E-state index is 11.7. The Kier molecular flexibility index (Phi) is 3.42. The summed E-state index contributed by atoms with van der Waals surface area (Å²) in [5.41, 5.74) is 6.60. The van der Waals surface area contributed by atoms with Gasteiger partial charge in [-0.05, 0) is 6.92 Å². The van der Waals surface area contributed by atoms with Crippen molar-refractivity contribution in [3.8, 4) is 11.5 Å². The Morgan fingerprint density at radius 1 is 1.26 bits per heavy atom. The van der Waals surface area contributed by atoms with E-state index in [9.17, 15) is 4.79 Å². The molecule has 0 unspecified atom stereocenters. The fourth-order valence-corrected chi connectivity index (χ4v) is 1.80. The summed E-state index contributed by atoms with van der Waals surface area (Å²) in [5, 5.41) is 1.57. The highest BCUT2D eigenvalue weighted by atomic mass is 16.5. The largest absolute Gasteiger partial charge is 0.496 e. The third kappa shape index (κ3) is 2.38. The fraction of sp³-hybridized carbons (Fsp3) is 0.133. The Labute approximate surface area is 111 Å². The summed E-state index contributed by atoms with van der Waals surface area (Å²) in [6.45, 7) is 5.14. The predicted octanol–water partition coefficient (Wildman–Crippen LogP) is 2.91. The molecule has 0 atom stereocenters. The number of hydrogen-bond donors (Lipinski definition) is 1. The van der Waals surface area contributed by atoms with Crippen molar-refractivity contribution in [2.75, 3.05) is 12.8 Å². The molecule has 0 aliphatic heterocycles. The number of rotatable bonds is 3. The van der Waals surface area contributed by atoms with Gasteiger partial charge in [0.2, 0.25) is 0 Å². The summed E-state index contributed by atoms with van der Waals surface area (Å²) >= 11 is 0. The maximum Gasteiger partial charge on any atom is 0.338 e. The van der Waals surface area contributed by atoms with Crippen molar-refractivity contribution in [3.05, 3.63) is 42.5 Å². The van der Waals surface area contributed by atoms with Crippen LogP contribution in [-0.2, 0) is 4.79 Å². The second-order valence-corrected chi connectivity index (χ2v) is 4.21. The lowest BCUT2D eigenvalue weighted by molar-refractivity contribution is -0.129. The minimum absolute atomic E-state index is 0.319. The van der Waals surface area contributed by atoms with Crippen LogP contribution in [0.2, 0.25) is 0 Å². The molecule has 0 radical (unpaired) electrons. The van der Waals surface area contributed by atoms with Crippen LogP contribution in [0.3, 0.4) is 0 Å². The molecule has 0 amide bonds. The molecule has 0 fully saturated rings. The van der Waals surface area contributed by atoms with E-state index in [1.54, 1.807) is 20.1 Å². The van der Waals surface area contributed by atoms with Crippen molar-refractivity contribution in [2.45, 2.75) is 6.92 Å². The maximum absolute atomic E-state index is 11.7. The molecule has 0 saturated heterocycles. The van der Waals surface area contributed by atoms with Gasteiger partial charge in [-0.15, -0.1) is 0 Å². The molecule has 19 heavy (non-hydrogen) atoms. The summed E-state index contributed by atoms with van der Waals surface area (Å²) in [6, 6.07) is 9.08. The topological polar surface area (TPSA) is 61.5 Å². The zero-order chi connectivity index (χ0) is 14.0. The minimum atomic E-state index is -0.498. The monoisotopic (exact) mass is 257 g/mol. The van der Waals surface area contributed by atoms with E-state index in [1.807, 2.05) is 24.3 Å². The Hall–Kier alpha value is -2.49. The average molecular weight is 257 g/mol. The van der Waals surface area contributed by atoms with Gasteiger partial charge < -0.3 is 15.2 Å². The van der Waals surface area contributed by atoms with Crippen molar-refractivity contribution in [1.82, 2.24) is 0 Å². The number of carbonyl (C=O) groups excluding carboxylic acids is 1. The number of hydrogen-bond acceptors (Lipinski definition) is 4. The highest BCUT2D eigenvalue weighted by molar-refractivity contribution is 6.00. The van der Waals surface area contributed by atoms with E-state index in [0.717, 1.165) is 10.8 Å². The third-order valence-electron chi connectivity index (χ3n) is 2.75. The molecule has 0 spiro atoms. The van der Waals surface area contributed by atoms with Crippen LogP contribution >= 0.6 is 0 Å². The lowest BCUT2D eigenvalue weighted by Crippen LogP contribution is -2.10. The molecular weight excluding hydrogens is 242 g/mol. The van der Waals surface area contributed by atoms with E-state index in [1.165, 1.54) is 0 Å². The molecule has 0 aliphatic rings. The second kappa shape index (κ2) is 5.02. The first-order valence-electron chi connectivity index (χ1n) is 5.77. The van der Waals surface area contributed by atoms with Crippen LogP contribution < -0.4 is 15.2 Å². The lowest BCUT2D eigenvalue weighted by atomic mass is 10.1. The van der Waals surface area contributed by atoms with Gasteiger partial charge in [0.05, 0.1) is 12.8 Å². The van der Waals surface area contributed by atoms with Gasteiger partial charge in [0.15, 0.2) is 5.75 Å². The Morgan fingerprint density at radius 3 is 2.47 bits per heavy atom. The van der Waals surface area contributed by atoms with E-state index in [-0.39, 0.29) is 0 Å². The average Bonchev–Trinajstić information content (AvgIpc) is 2.41. The van der Waals surface area contributed by atoms with Gasteiger partial charge in [0.1, 0.15) is 5.75 Å². The van der Waals surface area contributed by atoms with Gasteiger partial charge in [0.25, 0.3) is 0 Å². The van der Waals surface area contributed by atoms with Crippen molar-refractivity contribution in [2.24, 2.45) is 0 Å². The number of fused-ring (bicyclic) bond motifs is 1. The Bertz CT molecular complexity index is 662. The van der Waals surface area contributed by atoms with Gasteiger partial charge in [-0.2, -0.15) is 0 Å². The van der Waals surface area contributed by atoms with Gasteiger partial charge in [-0.25, -0.2) is 4.79 Å². The van der Waals surface area contributed by atoms with Crippen LogP contribution in [0.25, 0.3) is 10.8 Å². The molecular formula is C15H15NO3. The highest BCUT2D eigenvalue weighted by Crippen LogP contribution is 2.38. The van der Waals surface area contributed by atoms with E-state index < -0.39 is 5.97 Å². The van der Waals surface area contributed by atoms with Crippen LogP contribution in [0.1, 0.15) is 6.92 Å². The van der Waals surface area contributed by atoms with Crippen molar-refractivity contribution in [1.29, 1.82) is 0 Å². The van der Waals surface area contributed by atoms with Crippen LogP contribution in [0, 0.1) is 0 Å². The zero-order valence-electron chi connectivity index (χ0n) is 10.9. The fourth-order valence-electron chi connectivity index (χ4n) is 1.80. The van der Waals surface area contributed by atoms with Gasteiger partial charge in [-0.3, -0.25) is 0 Å². The van der Waals surface area contributed by atoms with E-state index in [4.69, 9.17) is 15.2 Å². The van der Waals surface area contributed by atoms with Crippen LogP contribution in [-0.4, -0.2) is 13.1 Å². The zero-order valence-corrected chi connectivity index (χ0v) is 10.9. The number of methoxy groups -OCH3 is 1. The molecule has 4 heteroatoms. The Balaban J connectivity index is 2.64. The van der Waals surface area contributed by atoms with E-state index >= 15 is 0 Å². The summed E-state index contributed by atoms with van der Waals surface area (Å²) in [6.07, 6.45) is 0. The van der Waals surface area contributed by atoms with Gasteiger partial charge >= 0.3 is 5.97 Å². The normalized spacial score (nSPS) is 10.2. The molecule has 0 aromatic heterocycles. The second-order valence-electron chi connectivity index (χ2n) is 4.21.